The van der Waals surface area contributed by atoms with E-state index in [0.717, 1.165) is 6.07 Å². The summed E-state index contributed by atoms with van der Waals surface area (Å²) in [6.07, 6.45) is 2.48. The Hall–Kier alpha value is -3.48. The highest BCUT2D eigenvalue weighted by Crippen LogP contribution is 2.29. The predicted molar refractivity (Wildman–Crippen MR) is 102 cm³/mol. The van der Waals surface area contributed by atoms with Crippen molar-refractivity contribution in [2.45, 2.75) is 13.3 Å². The smallest absolute Gasteiger partial charge is 0.423 e. The Morgan fingerprint density at radius 1 is 1.07 bits per heavy atom. The monoisotopic (exact) mass is 399 g/mol. The van der Waals surface area contributed by atoms with Crippen LogP contribution in [-0.2, 0) is 16.0 Å². The molecule has 0 unspecified atom stereocenters. The number of esters is 1. The van der Waals surface area contributed by atoms with Crippen LogP contribution in [0.3, 0.4) is 0 Å². The zero-order valence-electron chi connectivity index (χ0n) is 15.9. The summed E-state index contributed by atoms with van der Waals surface area (Å²) in [7, 11) is 1.22. The predicted octanol–water partition coefficient (Wildman–Crippen LogP) is 4.60. The number of carbonyl (C=O) groups is 2. The lowest BCUT2D eigenvalue weighted by Crippen LogP contribution is -2.33. The Morgan fingerprint density at radius 3 is 2.34 bits per heavy atom. The van der Waals surface area contributed by atoms with Gasteiger partial charge in [0.25, 0.3) is 0 Å². The summed E-state index contributed by atoms with van der Waals surface area (Å²) >= 11 is 0. The number of para-hydroxylation sites is 1. The topological polar surface area (TPSA) is 55.8 Å². The van der Waals surface area contributed by atoms with Crippen LogP contribution >= 0.6 is 0 Å². The molecule has 1 aliphatic heterocycles. The number of ether oxygens (including phenoxy) is 2. The van der Waals surface area contributed by atoms with Crippen molar-refractivity contribution in [2.24, 2.45) is 5.92 Å². The molecule has 2 aromatic carbocycles. The molecule has 1 aliphatic rings. The van der Waals surface area contributed by atoms with Crippen molar-refractivity contribution in [3.8, 4) is 5.75 Å². The van der Waals surface area contributed by atoms with Crippen LogP contribution in [0.1, 0.15) is 12.5 Å². The van der Waals surface area contributed by atoms with Crippen LogP contribution in [0.25, 0.3) is 0 Å². The second kappa shape index (κ2) is 8.68. The Bertz CT molecular complexity index is 965. The van der Waals surface area contributed by atoms with Gasteiger partial charge < -0.3 is 9.47 Å². The summed E-state index contributed by atoms with van der Waals surface area (Å²) in [5.41, 5.74) is 1.07. The van der Waals surface area contributed by atoms with E-state index in [1.165, 1.54) is 30.3 Å². The number of rotatable bonds is 4. The molecule has 0 saturated heterocycles. The molecule has 3 rings (SSSR count). The minimum Gasteiger partial charge on any atom is -0.466 e. The fraction of sp³-hybridized carbons (Fsp3) is 0.182. The number of hydrogen-bond acceptors (Lipinski definition) is 4. The quantitative estimate of drug-likeness (QED) is 0.705. The molecule has 0 aliphatic carbocycles. The standard InChI is InChI=1S/C22H19F2NO4/c1-14-8-16(9-15-10-17(23)12-18(24)11-15)20(21(26)28-2)13-25(14)22(27)29-19-6-4-3-5-7-19/h3-8,10-13,16H,9H2,1-2H3/t16-/m0/s1. The zero-order valence-corrected chi connectivity index (χ0v) is 15.9. The van der Waals surface area contributed by atoms with Crippen molar-refractivity contribution in [1.82, 2.24) is 4.90 Å². The highest BCUT2D eigenvalue weighted by Gasteiger charge is 2.29. The van der Waals surface area contributed by atoms with E-state index in [0.29, 0.717) is 17.0 Å². The fourth-order valence-electron chi connectivity index (χ4n) is 3.11. The fourth-order valence-corrected chi connectivity index (χ4v) is 3.11. The van der Waals surface area contributed by atoms with Gasteiger partial charge in [0.2, 0.25) is 0 Å². The first kappa shape index (κ1) is 20.3. The molecule has 1 amide bonds. The lowest BCUT2D eigenvalue weighted by molar-refractivity contribution is -0.136. The molecule has 0 aromatic heterocycles. The largest absolute Gasteiger partial charge is 0.466 e. The Morgan fingerprint density at radius 2 is 1.72 bits per heavy atom. The summed E-state index contributed by atoms with van der Waals surface area (Å²) in [6.45, 7) is 1.68. The maximum Gasteiger partial charge on any atom is 0.423 e. The first-order valence-corrected chi connectivity index (χ1v) is 8.87. The average molecular weight is 399 g/mol. The highest BCUT2D eigenvalue weighted by atomic mass is 19.1. The molecule has 2 aromatic rings. The third-order valence-electron chi connectivity index (χ3n) is 4.43. The Balaban J connectivity index is 1.87. The number of carbonyl (C=O) groups excluding carboxylic acids is 2. The summed E-state index contributed by atoms with van der Waals surface area (Å²) < 4.78 is 37.2. The molecule has 29 heavy (non-hydrogen) atoms. The number of amides is 1. The number of methoxy groups -OCH3 is 1. The van der Waals surface area contributed by atoms with Crippen LogP contribution in [0.2, 0.25) is 0 Å². The number of nitrogens with zero attached hydrogens (tertiary/aromatic N) is 1. The van der Waals surface area contributed by atoms with Crippen molar-refractivity contribution >= 4 is 12.1 Å². The number of hydrogen-bond donors (Lipinski definition) is 0. The van der Waals surface area contributed by atoms with Gasteiger partial charge in [-0.1, -0.05) is 24.3 Å². The van der Waals surface area contributed by atoms with Crippen molar-refractivity contribution < 1.29 is 27.8 Å². The van der Waals surface area contributed by atoms with Crippen molar-refractivity contribution in [2.75, 3.05) is 7.11 Å². The highest BCUT2D eigenvalue weighted by molar-refractivity contribution is 5.91. The molecule has 1 atom stereocenters. The van der Waals surface area contributed by atoms with Crippen LogP contribution in [0.4, 0.5) is 13.6 Å². The number of halogens is 2. The minimum atomic E-state index is -0.701. The van der Waals surface area contributed by atoms with E-state index in [4.69, 9.17) is 9.47 Å². The summed E-state index contributed by atoms with van der Waals surface area (Å²) in [4.78, 5) is 26.0. The third kappa shape index (κ3) is 4.87. The maximum absolute atomic E-state index is 13.5. The van der Waals surface area contributed by atoms with Gasteiger partial charge in [0.1, 0.15) is 17.4 Å². The SMILES string of the molecule is COC(=O)C1=CN(C(=O)Oc2ccccc2)C(C)=C[C@H]1Cc1cc(F)cc(F)c1. The van der Waals surface area contributed by atoms with Crippen molar-refractivity contribution in [1.29, 1.82) is 0 Å². The zero-order chi connectivity index (χ0) is 21.0. The van der Waals surface area contributed by atoms with E-state index in [-0.39, 0.29) is 12.0 Å². The lowest BCUT2D eigenvalue weighted by atomic mass is 9.89. The van der Waals surface area contributed by atoms with Crippen molar-refractivity contribution in [3.05, 3.63) is 89.3 Å². The molecule has 150 valence electrons. The minimum absolute atomic E-state index is 0.161. The van der Waals surface area contributed by atoms with E-state index in [1.807, 2.05) is 0 Å². The average Bonchev–Trinajstić information content (AvgIpc) is 2.67. The van der Waals surface area contributed by atoms with E-state index in [9.17, 15) is 18.4 Å². The van der Waals surface area contributed by atoms with Gasteiger partial charge in [-0.05, 0) is 43.2 Å². The van der Waals surface area contributed by atoms with Gasteiger partial charge in [0.15, 0.2) is 0 Å². The molecule has 1 heterocycles. The molecular weight excluding hydrogens is 380 g/mol. The molecule has 0 saturated carbocycles. The van der Waals surface area contributed by atoms with Crippen LogP contribution < -0.4 is 4.74 Å². The van der Waals surface area contributed by atoms with Gasteiger partial charge in [-0.15, -0.1) is 0 Å². The summed E-state index contributed by atoms with van der Waals surface area (Å²) in [5.74, 6) is -2.21. The van der Waals surface area contributed by atoms with Gasteiger partial charge >= 0.3 is 12.1 Å². The van der Waals surface area contributed by atoms with Gasteiger partial charge in [-0.3, -0.25) is 4.90 Å². The molecule has 5 nitrogen and oxygen atoms in total. The van der Waals surface area contributed by atoms with Gasteiger partial charge in [0.05, 0.1) is 12.7 Å². The van der Waals surface area contributed by atoms with Gasteiger partial charge in [-0.2, -0.15) is 0 Å². The summed E-state index contributed by atoms with van der Waals surface area (Å²) in [6, 6.07) is 11.7. The van der Waals surface area contributed by atoms with Gasteiger partial charge in [0, 0.05) is 23.9 Å². The van der Waals surface area contributed by atoms with Crippen molar-refractivity contribution in [3.63, 3.8) is 0 Å². The van der Waals surface area contributed by atoms with Crippen LogP contribution in [0.5, 0.6) is 5.75 Å². The van der Waals surface area contributed by atoms with Crippen LogP contribution in [0, 0.1) is 17.6 Å². The normalized spacial score (nSPS) is 16.0. The Kier molecular flexibility index (Phi) is 6.07. The maximum atomic E-state index is 13.5. The number of allylic oxidation sites excluding steroid dienone is 2. The molecule has 0 radical (unpaired) electrons. The van der Waals surface area contributed by atoms with Crippen LogP contribution in [-0.4, -0.2) is 24.1 Å². The number of benzene rings is 2. The first-order chi connectivity index (χ1) is 13.9. The van der Waals surface area contributed by atoms with Crippen LogP contribution in [0.15, 0.2) is 72.1 Å². The molecule has 0 N–H and O–H groups in total. The molecular formula is C22H19F2NO4. The second-order valence-electron chi connectivity index (χ2n) is 6.52. The first-order valence-electron chi connectivity index (χ1n) is 8.87. The van der Waals surface area contributed by atoms with E-state index < -0.39 is 29.6 Å². The van der Waals surface area contributed by atoms with E-state index in [2.05, 4.69) is 0 Å². The summed E-state index contributed by atoms with van der Waals surface area (Å²) in [5, 5.41) is 0. The second-order valence-corrected chi connectivity index (χ2v) is 6.52. The van der Waals surface area contributed by atoms with E-state index >= 15 is 0 Å². The molecule has 7 heteroatoms. The Labute approximate surface area is 166 Å². The molecule has 0 fully saturated rings. The molecule has 0 spiro atoms. The lowest BCUT2D eigenvalue weighted by Gasteiger charge is -2.28. The van der Waals surface area contributed by atoms with E-state index in [1.54, 1.807) is 43.3 Å². The molecule has 0 bridgehead atoms. The third-order valence-corrected chi connectivity index (χ3v) is 4.43. The van der Waals surface area contributed by atoms with Gasteiger partial charge in [-0.25, -0.2) is 18.4 Å².